The van der Waals surface area contributed by atoms with Crippen molar-refractivity contribution in [2.45, 2.75) is 31.0 Å². The Kier molecular flexibility index (Phi) is 4.64. The Morgan fingerprint density at radius 2 is 1.80 bits per heavy atom. The molecule has 176 valence electrons. The van der Waals surface area contributed by atoms with Crippen LogP contribution in [-0.2, 0) is 11.0 Å². The van der Waals surface area contributed by atoms with Crippen molar-refractivity contribution in [2.75, 3.05) is 18.0 Å². The molecule has 3 aromatic heterocycles. The fourth-order valence-electron chi connectivity index (χ4n) is 4.64. The number of fused-ring (bicyclic) bond motifs is 3. The number of benzene rings is 1. The number of nitriles is 1. The fourth-order valence-corrected chi connectivity index (χ4v) is 4.64. The Balaban J connectivity index is 1.23. The SMILES string of the molecule is N#Cc1ccc2c(n1)c(N1CCC3(CC1)CC(c1ccc(C(F)(F)F)cc1)=NO3)nc1nncn12. The summed E-state index contributed by atoms with van der Waals surface area (Å²) >= 11 is 0. The molecule has 12 heteroatoms. The third-order valence-electron chi connectivity index (χ3n) is 6.55. The molecule has 0 N–H and O–H groups in total. The predicted octanol–water partition coefficient (Wildman–Crippen LogP) is 3.73. The van der Waals surface area contributed by atoms with Crippen molar-refractivity contribution < 1.29 is 18.0 Å². The molecule has 2 aliphatic rings. The van der Waals surface area contributed by atoms with Crippen LogP contribution in [0.3, 0.4) is 0 Å². The maximum absolute atomic E-state index is 12.9. The first-order chi connectivity index (χ1) is 16.9. The van der Waals surface area contributed by atoms with E-state index in [1.165, 1.54) is 12.1 Å². The second-order valence-electron chi connectivity index (χ2n) is 8.66. The number of alkyl halides is 3. The van der Waals surface area contributed by atoms with Crippen LogP contribution in [0.4, 0.5) is 19.0 Å². The van der Waals surface area contributed by atoms with Gasteiger partial charge >= 0.3 is 6.18 Å². The molecule has 1 fully saturated rings. The molecule has 0 atom stereocenters. The number of pyridine rings is 1. The molecule has 4 aromatic rings. The number of hydrogen-bond acceptors (Lipinski definition) is 8. The van der Waals surface area contributed by atoms with Gasteiger partial charge in [-0.1, -0.05) is 17.3 Å². The van der Waals surface area contributed by atoms with E-state index in [9.17, 15) is 18.4 Å². The molecule has 2 aliphatic heterocycles. The fraction of sp³-hybridized carbons (Fsp3) is 0.304. The quantitative estimate of drug-likeness (QED) is 0.432. The first-order valence-electron chi connectivity index (χ1n) is 10.9. The normalized spacial score (nSPS) is 17.5. The van der Waals surface area contributed by atoms with Crippen molar-refractivity contribution in [2.24, 2.45) is 5.16 Å². The van der Waals surface area contributed by atoms with Crippen LogP contribution in [0.5, 0.6) is 0 Å². The highest BCUT2D eigenvalue weighted by Gasteiger charge is 2.43. The van der Waals surface area contributed by atoms with Crippen molar-refractivity contribution in [3.05, 3.63) is 59.5 Å². The van der Waals surface area contributed by atoms with E-state index < -0.39 is 17.3 Å². The number of piperidine rings is 1. The largest absolute Gasteiger partial charge is 0.416 e. The van der Waals surface area contributed by atoms with Gasteiger partial charge in [0.05, 0.1) is 16.8 Å². The second kappa shape index (κ2) is 7.63. The molecule has 5 heterocycles. The number of aromatic nitrogens is 5. The predicted molar refractivity (Wildman–Crippen MR) is 119 cm³/mol. The Bertz CT molecular complexity index is 1510. The van der Waals surface area contributed by atoms with E-state index in [-0.39, 0.29) is 5.69 Å². The van der Waals surface area contributed by atoms with Crippen molar-refractivity contribution >= 4 is 28.3 Å². The molecule has 6 rings (SSSR count). The Morgan fingerprint density at radius 1 is 1.03 bits per heavy atom. The summed E-state index contributed by atoms with van der Waals surface area (Å²) in [5.74, 6) is 1.05. The Labute approximate surface area is 196 Å². The molecule has 1 saturated heterocycles. The van der Waals surface area contributed by atoms with Gasteiger partial charge < -0.3 is 9.74 Å². The number of halogens is 3. The summed E-state index contributed by atoms with van der Waals surface area (Å²) < 4.78 is 40.3. The van der Waals surface area contributed by atoms with Gasteiger partial charge in [-0.25, -0.2) is 4.98 Å². The monoisotopic (exact) mass is 478 g/mol. The van der Waals surface area contributed by atoms with Gasteiger partial charge in [-0.05, 0) is 29.8 Å². The summed E-state index contributed by atoms with van der Waals surface area (Å²) in [7, 11) is 0. The van der Waals surface area contributed by atoms with Crippen molar-refractivity contribution in [3.8, 4) is 6.07 Å². The maximum Gasteiger partial charge on any atom is 0.416 e. The lowest BCUT2D eigenvalue weighted by Crippen LogP contribution is -2.45. The van der Waals surface area contributed by atoms with Crippen LogP contribution in [-0.4, -0.2) is 49.0 Å². The molecular weight excluding hydrogens is 461 g/mol. The van der Waals surface area contributed by atoms with Crippen molar-refractivity contribution in [1.82, 2.24) is 24.6 Å². The molecule has 1 spiro atoms. The third-order valence-corrected chi connectivity index (χ3v) is 6.55. The highest BCUT2D eigenvalue weighted by atomic mass is 19.4. The van der Waals surface area contributed by atoms with Crippen LogP contribution in [0.2, 0.25) is 0 Å². The first-order valence-corrected chi connectivity index (χ1v) is 10.9. The standard InChI is InChI=1S/C23H17F3N8O/c24-23(25,26)15-3-1-14(2-4-15)17-11-22(35-32-17)7-9-33(10-8-22)20-19-18(6-5-16(12-27)29-19)34-13-28-31-21(34)30-20/h1-6,13H,7-11H2. The van der Waals surface area contributed by atoms with E-state index in [2.05, 4.69) is 36.3 Å². The van der Waals surface area contributed by atoms with Gasteiger partial charge in [0, 0.05) is 32.4 Å². The van der Waals surface area contributed by atoms with Gasteiger partial charge in [-0.15, -0.1) is 10.2 Å². The van der Waals surface area contributed by atoms with E-state index >= 15 is 0 Å². The molecule has 1 aromatic carbocycles. The minimum Gasteiger partial charge on any atom is -0.388 e. The molecule has 35 heavy (non-hydrogen) atoms. The van der Waals surface area contributed by atoms with E-state index in [4.69, 9.17) is 4.84 Å². The van der Waals surface area contributed by atoms with Gasteiger partial charge in [0.1, 0.15) is 29.2 Å². The lowest BCUT2D eigenvalue weighted by Gasteiger charge is -2.37. The van der Waals surface area contributed by atoms with Crippen molar-refractivity contribution in [1.29, 1.82) is 5.26 Å². The second-order valence-corrected chi connectivity index (χ2v) is 8.66. The number of anilines is 1. The molecule has 0 unspecified atom stereocenters. The van der Waals surface area contributed by atoms with Gasteiger partial charge in [0.2, 0.25) is 0 Å². The number of oxime groups is 1. The number of rotatable bonds is 2. The number of hydrogen-bond donors (Lipinski definition) is 0. The van der Waals surface area contributed by atoms with Crippen molar-refractivity contribution in [3.63, 3.8) is 0 Å². The molecule has 9 nitrogen and oxygen atoms in total. The lowest BCUT2D eigenvalue weighted by atomic mass is 9.85. The average molecular weight is 478 g/mol. The minimum absolute atomic E-state index is 0.287. The minimum atomic E-state index is -4.38. The summed E-state index contributed by atoms with van der Waals surface area (Å²) in [6.45, 7) is 1.20. The summed E-state index contributed by atoms with van der Waals surface area (Å²) in [5.41, 5.74) is 1.67. The maximum atomic E-state index is 12.9. The molecule has 0 bridgehead atoms. The molecule has 0 radical (unpaired) electrons. The molecule has 0 aliphatic carbocycles. The average Bonchev–Trinajstić information content (AvgIpc) is 3.51. The molecular formula is C23H17F3N8O. The van der Waals surface area contributed by atoms with E-state index in [1.807, 2.05) is 0 Å². The summed E-state index contributed by atoms with van der Waals surface area (Å²) in [5, 5.41) is 21.5. The van der Waals surface area contributed by atoms with Gasteiger partial charge in [-0.3, -0.25) is 4.40 Å². The van der Waals surface area contributed by atoms with Crippen LogP contribution in [0.15, 0.2) is 47.9 Å². The van der Waals surface area contributed by atoms with Crippen LogP contribution < -0.4 is 4.90 Å². The van der Waals surface area contributed by atoms with Gasteiger partial charge in [0.25, 0.3) is 5.78 Å². The number of nitrogens with zero attached hydrogens (tertiary/aromatic N) is 8. The van der Waals surface area contributed by atoms with Crippen LogP contribution in [0.1, 0.15) is 36.1 Å². The summed E-state index contributed by atoms with van der Waals surface area (Å²) in [4.78, 5) is 17.1. The van der Waals surface area contributed by atoms with E-state index in [0.717, 1.165) is 17.6 Å². The summed E-state index contributed by atoms with van der Waals surface area (Å²) in [6, 6.07) is 10.5. The third kappa shape index (κ3) is 3.60. The van der Waals surface area contributed by atoms with Crippen LogP contribution in [0.25, 0.3) is 16.8 Å². The van der Waals surface area contributed by atoms with Crippen LogP contribution in [0, 0.1) is 11.3 Å². The molecule has 0 amide bonds. The van der Waals surface area contributed by atoms with E-state index in [1.54, 1.807) is 22.9 Å². The Morgan fingerprint density at radius 3 is 2.51 bits per heavy atom. The summed E-state index contributed by atoms with van der Waals surface area (Å²) in [6.07, 6.45) is -1.03. The first kappa shape index (κ1) is 21.3. The van der Waals surface area contributed by atoms with Gasteiger partial charge in [-0.2, -0.15) is 23.4 Å². The highest BCUT2D eigenvalue weighted by Crippen LogP contribution is 2.38. The van der Waals surface area contributed by atoms with E-state index in [0.29, 0.717) is 60.7 Å². The molecule has 0 saturated carbocycles. The van der Waals surface area contributed by atoms with Crippen LogP contribution >= 0.6 is 0 Å². The zero-order chi connectivity index (χ0) is 24.2. The lowest BCUT2D eigenvalue weighted by molar-refractivity contribution is -0.137. The highest BCUT2D eigenvalue weighted by molar-refractivity contribution is 6.01. The smallest absolute Gasteiger partial charge is 0.388 e. The van der Waals surface area contributed by atoms with Gasteiger partial charge in [0.15, 0.2) is 5.82 Å². The topological polar surface area (TPSA) is 105 Å². The zero-order valence-electron chi connectivity index (χ0n) is 18.2. The zero-order valence-corrected chi connectivity index (χ0v) is 18.2. The Hall–Kier alpha value is -4.27.